The lowest BCUT2D eigenvalue weighted by Crippen LogP contribution is -2.53. The maximum Gasteiger partial charge on any atom is 0.419 e. The lowest BCUT2D eigenvalue weighted by atomic mass is 9.98. The summed E-state index contributed by atoms with van der Waals surface area (Å²) in [5.74, 6) is -0.328. The van der Waals surface area contributed by atoms with Gasteiger partial charge < -0.3 is 9.80 Å². The number of anilines is 1. The smallest absolute Gasteiger partial charge is 0.337 e. The first kappa shape index (κ1) is 23.2. The Hall–Kier alpha value is -1.92. The fourth-order valence-electron chi connectivity index (χ4n) is 3.98. The number of hydrogen-bond donors (Lipinski definition) is 0. The molecule has 2 fully saturated rings. The number of halogens is 4. The number of carbonyl (C=O) groups excluding carboxylic acids is 1. The summed E-state index contributed by atoms with van der Waals surface area (Å²) in [7, 11) is -3.09. The predicted molar refractivity (Wildman–Crippen MR) is 114 cm³/mol. The summed E-state index contributed by atoms with van der Waals surface area (Å²) in [6, 6.07) is 3.16. The van der Waals surface area contributed by atoms with Crippen molar-refractivity contribution in [2.75, 3.05) is 36.0 Å². The number of nitrogens with zero attached hydrogens (tertiary/aromatic N) is 4. The topological polar surface area (TPSA) is 83.5 Å². The van der Waals surface area contributed by atoms with E-state index in [1.807, 2.05) is 6.07 Å². The van der Waals surface area contributed by atoms with Crippen molar-refractivity contribution < 1.29 is 26.4 Å². The molecular formula is C19H20ClF3N4O3S2. The van der Waals surface area contributed by atoms with Crippen molar-refractivity contribution in [3.63, 3.8) is 0 Å². The summed E-state index contributed by atoms with van der Waals surface area (Å²) in [5, 5.41) is 0. The predicted octanol–water partition coefficient (Wildman–Crippen LogP) is 3.43. The molecule has 0 spiro atoms. The van der Waals surface area contributed by atoms with Crippen molar-refractivity contribution in [1.82, 2.24) is 14.9 Å². The van der Waals surface area contributed by atoms with E-state index in [1.165, 1.54) is 11.3 Å². The van der Waals surface area contributed by atoms with Crippen LogP contribution in [0.1, 0.15) is 29.3 Å². The zero-order valence-electron chi connectivity index (χ0n) is 16.8. The summed E-state index contributed by atoms with van der Waals surface area (Å²) >= 11 is 7.43. The molecule has 32 heavy (non-hydrogen) atoms. The van der Waals surface area contributed by atoms with Crippen molar-refractivity contribution >= 4 is 44.6 Å². The third kappa shape index (κ3) is 5.01. The Morgan fingerprint density at radius 2 is 1.78 bits per heavy atom. The second-order valence-electron chi connectivity index (χ2n) is 7.83. The van der Waals surface area contributed by atoms with E-state index in [4.69, 9.17) is 11.6 Å². The molecule has 1 amide bonds. The normalized spacial score (nSPS) is 22.2. The van der Waals surface area contributed by atoms with Gasteiger partial charge in [0.2, 0.25) is 11.9 Å². The largest absolute Gasteiger partial charge is 0.419 e. The molecule has 0 saturated carbocycles. The lowest BCUT2D eigenvalue weighted by Gasteiger charge is -2.42. The van der Waals surface area contributed by atoms with Crippen LogP contribution in [0.15, 0.2) is 24.5 Å². The van der Waals surface area contributed by atoms with Crippen LogP contribution in [0, 0.1) is 5.92 Å². The number of carbonyl (C=O) groups is 1. The number of piperazine rings is 1. The van der Waals surface area contributed by atoms with Gasteiger partial charge in [0.15, 0.2) is 0 Å². The van der Waals surface area contributed by atoms with Gasteiger partial charge in [0, 0.05) is 42.8 Å². The standard InChI is InChI=1S/C19H20ClF3N4O3S2/c20-16-2-1-15(31-16)14-11-26(18-24-9-13(10-25-18)19(21,22)23)5-6-27(14)17(28)12-3-7-32(29,30)8-4-12/h1-2,9-10,12,14H,3-8,11H2. The molecule has 0 aliphatic carbocycles. The maximum atomic E-state index is 13.3. The molecular weight excluding hydrogens is 489 g/mol. The fraction of sp³-hybridized carbons (Fsp3) is 0.526. The zero-order chi connectivity index (χ0) is 23.1. The van der Waals surface area contributed by atoms with E-state index in [2.05, 4.69) is 9.97 Å². The molecule has 2 aliphatic rings. The molecule has 7 nitrogen and oxygen atoms in total. The van der Waals surface area contributed by atoms with Crippen LogP contribution in [0.5, 0.6) is 0 Å². The summed E-state index contributed by atoms with van der Waals surface area (Å²) < 4.78 is 62.5. The Balaban J connectivity index is 1.55. The average molecular weight is 509 g/mol. The fourth-order valence-corrected chi connectivity index (χ4v) is 6.64. The van der Waals surface area contributed by atoms with Crippen LogP contribution < -0.4 is 4.90 Å². The molecule has 2 aromatic heterocycles. The lowest BCUT2D eigenvalue weighted by molar-refractivity contribution is -0.139. The van der Waals surface area contributed by atoms with Gasteiger partial charge in [-0.15, -0.1) is 11.3 Å². The summed E-state index contributed by atoms with van der Waals surface area (Å²) in [6.07, 6.45) is -2.44. The highest BCUT2D eigenvalue weighted by Crippen LogP contribution is 2.36. The van der Waals surface area contributed by atoms with Gasteiger partial charge in [0.1, 0.15) is 9.84 Å². The van der Waals surface area contributed by atoms with Gasteiger partial charge in [-0.05, 0) is 25.0 Å². The van der Waals surface area contributed by atoms with Crippen LogP contribution in [0.25, 0.3) is 0 Å². The van der Waals surface area contributed by atoms with Gasteiger partial charge in [-0.3, -0.25) is 4.79 Å². The Morgan fingerprint density at radius 1 is 1.12 bits per heavy atom. The molecule has 1 unspecified atom stereocenters. The molecule has 1 atom stereocenters. The molecule has 2 aromatic rings. The third-order valence-electron chi connectivity index (χ3n) is 5.74. The van der Waals surface area contributed by atoms with Gasteiger partial charge in [0.25, 0.3) is 0 Å². The maximum absolute atomic E-state index is 13.3. The first-order valence-electron chi connectivity index (χ1n) is 9.94. The van der Waals surface area contributed by atoms with Crippen LogP contribution in [0.3, 0.4) is 0 Å². The van der Waals surface area contributed by atoms with Gasteiger partial charge in [-0.2, -0.15) is 13.2 Å². The highest BCUT2D eigenvalue weighted by Gasteiger charge is 2.39. The molecule has 0 radical (unpaired) electrons. The van der Waals surface area contributed by atoms with Crippen LogP contribution in [0.2, 0.25) is 4.34 Å². The number of alkyl halides is 3. The van der Waals surface area contributed by atoms with E-state index in [0.29, 0.717) is 36.8 Å². The molecule has 13 heteroatoms. The minimum absolute atomic E-state index is 0.00172. The Kier molecular flexibility index (Phi) is 6.38. The van der Waals surface area contributed by atoms with E-state index in [1.54, 1.807) is 15.9 Å². The molecule has 0 aromatic carbocycles. The van der Waals surface area contributed by atoms with E-state index in [-0.39, 0.29) is 29.3 Å². The highest BCUT2D eigenvalue weighted by atomic mass is 35.5. The summed E-state index contributed by atoms with van der Waals surface area (Å²) in [4.78, 5) is 25.3. The number of amides is 1. The second-order valence-corrected chi connectivity index (χ2v) is 11.9. The molecule has 2 saturated heterocycles. The third-order valence-corrected chi connectivity index (χ3v) is 8.79. The monoisotopic (exact) mass is 508 g/mol. The first-order chi connectivity index (χ1) is 15.0. The van der Waals surface area contributed by atoms with Gasteiger partial charge in [0.05, 0.1) is 27.4 Å². The second kappa shape index (κ2) is 8.79. The van der Waals surface area contributed by atoms with Crippen LogP contribution in [-0.4, -0.2) is 60.3 Å². The minimum Gasteiger partial charge on any atom is -0.337 e. The zero-order valence-corrected chi connectivity index (χ0v) is 19.1. The SMILES string of the molecule is O=C(C1CCS(=O)(=O)CC1)N1CCN(c2ncc(C(F)(F)F)cn2)CC1c1ccc(Cl)s1. The molecule has 174 valence electrons. The number of rotatable bonds is 3. The molecule has 2 aliphatic heterocycles. The number of aromatic nitrogens is 2. The number of hydrogen-bond acceptors (Lipinski definition) is 7. The quantitative estimate of drug-likeness (QED) is 0.631. The van der Waals surface area contributed by atoms with Crippen molar-refractivity contribution in [3.05, 3.63) is 39.3 Å². The highest BCUT2D eigenvalue weighted by molar-refractivity contribution is 7.91. The van der Waals surface area contributed by atoms with Crippen LogP contribution in [0.4, 0.5) is 19.1 Å². The van der Waals surface area contributed by atoms with Gasteiger partial charge in [-0.25, -0.2) is 18.4 Å². The molecule has 4 heterocycles. The summed E-state index contributed by atoms with van der Waals surface area (Å²) in [6.45, 7) is 0.948. The first-order valence-corrected chi connectivity index (χ1v) is 13.0. The van der Waals surface area contributed by atoms with Crippen LogP contribution in [-0.2, 0) is 20.8 Å². The average Bonchev–Trinajstić information content (AvgIpc) is 3.18. The number of sulfone groups is 1. The van der Waals surface area contributed by atoms with E-state index >= 15 is 0 Å². The molecule has 4 rings (SSSR count). The van der Waals surface area contributed by atoms with E-state index in [0.717, 1.165) is 17.3 Å². The minimum atomic E-state index is -4.52. The van der Waals surface area contributed by atoms with Crippen molar-refractivity contribution in [2.24, 2.45) is 5.92 Å². The Bertz CT molecular complexity index is 1080. The van der Waals surface area contributed by atoms with Crippen LogP contribution >= 0.6 is 22.9 Å². The van der Waals surface area contributed by atoms with Crippen molar-refractivity contribution in [2.45, 2.75) is 25.1 Å². The van der Waals surface area contributed by atoms with Gasteiger partial charge in [-0.1, -0.05) is 11.6 Å². The number of thiophene rings is 1. The van der Waals surface area contributed by atoms with Crippen molar-refractivity contribution in [3.8, 4) is 0 Å². The van der Waals surface area contributed by atoms with E-state index < -0.39 is 27.6 Å². The summed E-state index contributed by atoms with van der Waals surface area (Å²) in [5.41, 5.74) is -0.927. The van der Waals surface area contributed by atoms with Crippen molar-refractivity contribution in [1.29, 1.82) is 0 Å². The Morgan fingerprint density at radius 3 is 2.34 bits per heavy atom. The van der Waals surface area contributed by atoms with Gasteiger partial charge >= 0.3 is 6.18 Å². The molecule has 0 bridgehead atoms. The molecule has 0 N–H and O–H groups in total. The van der Waals surface area contributed by atoms with E-state index in [9.17, 15) is 26.4 Å². The Labute approximate surface area is 192 Å².